The SMILES string of the molecule is C=CCNC(=O)CSc1nnc2ccc(-c3cccnc3)nn12. The Morgan fingerprint density at radius 1 is 1.35 bits per heavy atom. The van der Waals surface area contributed by atoms with Gasteiger partial charge in [0.1, 0.15) is 0 Å². The first-order valence-corrected chi connectivity index (χ1v) is 7.90. The molecule has 3 aromatic rings. The fourth-order valence-corrected chi connectivity index (χ4v) is 2.61. The fraction of sp³-hybridized carbons (Fsp3) is 0.133. The van der Waals surface area contributed by atoms with Gasteiger partial charge in [-0.2, -0.15) is 9.61 Å². The highest BCUT2D eigenvalue weighted by molar-refractivity contribution is 7.99. The van der Waals surface area contributed by atoms with Gasteiger partial charge in [-0.25, -0.2) is 0 Å². The van der Waals surface area contributed by atoms with Gasteiger partial charge in [-0.05, 0) is 24.3 Å². The molecule has 0 unspecified atom stereocenters. The van der Waals surface area contributed by atoms with Crippen molar-refractivity contribution in [3.63, 3.8) is 0 Å². The third-order valence-electron chi connectivity index (χ3n) is 2.97. The molecule has 3 aromatic heterocycles. The zero-order valence-corrected chi connectivity index (χ0v) is 13.0. The Morgan fingerprint density at radius 3 is 3.04 bits per heavy atom. The van der Waals surface area contributed by atoms with E-state index in [1.165, 1.54) is 11.8 Å². The van der Waals surface area contributed by atoms with Crippen molar-refractivity contribution in [1.82, 2.24) is 30.1 Å². The Balaban J connectivity index is 1.81. The van der Waals surface area contributed by atoms with E-state index >= 15 is 0 Å². The van der Waals surface area contributed by atoms with Crippen LogP contribution in [-0.2, 0) is 4.79 Å². The van der Waals surface area contributed by atoms with Gasteiger partial charge in [0.05, 0.1) is 11.4 Å². The molecular weight excluding hydrogens is 312 g/mol. The van der Waals surface area contributed by atoms with Crippen molar-refractivity contribution >= 4 is 23.3 Å². The summed E-state index contributed by atoms with van der Waals surface area (Å²) < 4.78 is 1.63. The van der Waals surface area contributed by atoms with Crippen molar-refractivity contribution in [2.75, 3.05) is 12.3 Å². The fourth-order valence-electron chi connectivity index (χ4n) is 1.89. The predicted molar refractivity (Wildman–Crippen MR) is 87.9 cm³/mol. The molecule has 0 saturated carbocycles. The molecule has 3 heterocycles. The maximum absolute atomic E-state index is 11.7. The lowest BCUT2D eigenvalue weighted by Gasteiger charge is -2.03. The summed E-state index contributed by atoms with van der Waals surface area (Å²) in [5.74, 6) is 0.156. The van der Waals surface area contributed by atoms with Gasteiger partial charge in [-0.15, -0.1) is 16.8 Å². The Morgan fingerprint density at radius 2 is 2.26 bits per heavy atom. The predicted octanol–water partition coefficient (Wildman–Crippen LogP) is 1.58. The molecule has 1 amide bonds. The smallest absolute Gasteiger partial charge is 0.230 e. The zero-order chi connectivity index (χ0) is 16.1. The molecule has 0 bridgehead atoms. The second kappa shape index (κ2) is 7.01. The van der Waals surface area contributed by atoms with Gasteiger partial charge < -0.3 is 5.32 Å². The highest BCUT2D eigenvalue weighted by Crippen LogP contribution is 2.19. The molecule has 1 N–H and O–H groups in total. The van der Waals surface area contributed by atoms with Crippen LogP contribution < -0.4 is 5.32 Å². The monoisotopic (exact) mass is 326 g/mol. The second-order valence-corrected chi connectivity index (χ2v) is 5.54. The number of pyridine rings is 1. The van der Waals surface area contributed by atoms with Gasteiger partial charge in [-0.1, -0.05) is 17.8 Å². The molecular formula is C15H14N6OS. The minimum Gasteiger partial charge on any atom is -0.352 e. The Hall–Kier alpha value is -2.74. The van der Waals surface area contributed by atoms with Crippen LogP contribution in [0, 0.1) is 0 Å². The van der Waals surface area contributed by atoms with Crippen LogP contribution in [0.4, 0.5) is 0 Å². The Bertz CT molecular complexity index is 832. The van der Waals surface area contributed by atoms with Crippen molar-refractivity contribution in [3.8, 4) is 11.3 Å². The molecule has 0 aromatic carbocycles. The van der Waals surface area contributed by atoms with E-state index in [1.807, 2.05) is 24.3 Å². The first kappa shape index (κ1) is 15.2. The molecule has 0 spiro atoms. The van der Waals surface area contributed by atoms with Crippen LogP contribution in [0.15, 0.2) is 54.5 Å². The second-order valence-electron chi connectivity index (χ2n) is 4.59. The molecule has 0 atom stereocenters. The first-order chi connectivity index (χ1) is 11.3. The van der Waals surface area contributed by atoms with E-state index in [1.54, 1.807) is 23.0 Å². The lowest BCUT2D eigenvalue weighted by atomic mass is 10.2. The number of fused-ring (bicyclic) bond motifs is 1. The van der Waals surface area contributed by atoms with E-state index in [2.05, 4.69) is 32.2 Å². The Kier molecular flexibility index (Phi) is 4.62. The number of hydrogen-bond acceptors (Lipinski definition) is 6. The number of aromatic nitrogens is 5. The number of nitrogens with zero attached hydrogens (tertiary/aromatic N) is 5. The normalized spacial score (nSPS) is 10.6. The molecule has 8 heteroatoms. The lowest BCUT2D eigenvalue weighted by molar-refractivity contribution is -0.118. The van der Waals surface area contributed by atoms with E-state index in [0.29, 0.717) is 17.3 Å². The molecule has 0 aliphatic carbocycles. The number of rotatable bonds is 6. The van der Waals surface area contributed by atoms with Crippen LogP contribution in [0.1, 0.15) is 0 Å². The number of carbonyl (C=O) groups excluding carboxylic acids is 1. The van der Waals surface area contributed by atoms with E-state index < -0.39 is 0 Å². The molecule has 0 aliphatic rings. The van der Waals surface area contributed by atoms with Crippen molar-refractivity contribution in [2.45, 2.75) is 5.16 Å². The topological polar surface area (TPSA) is 85.1 Å². The van der Waals surface area contributed by atoms with Gasteiger partial charge in [0, 0.05) is 24.5 Å². The summed E-state index contributed by atoms with van der Waals surface area (Å²) in [7, 11) is 0. The van der Waals surface area contributed by atoms with Gasteiger partial charge in [0.25, 0.3) is 0 Å². The summed E-state index contributed by atoms with van der Waals surface area (Å²) in [6.45, 7) is 4.01. The van der Waals surface area contributed by atoms with E-state index in [4.69, 9.17) is 0 Å². The molecule has 7 nitrogen and oxygen atoms in total. The van der Waals surface area contributed by atoms with Gasteiger partial charge in [0.15, 0.2) is 5.65 Å². The van der Waals surface area contributed by atoms with Crippen LogP contribution >= 0.6 is 11.8 Å². The molecule has 0 fully saturated rings. The van der Waals surface area contributed by atoms with Crippen LogP contribution in [0.2, 0.25) is 0 Å². The minimum absolute atomic E-state index is 0.0879. The number of nitrogens with one attached hydrogen (secondary N) is 1. The first-order valence-electron chi connectivity index (χ1n) is 6.91. The number of amides is 1. The van der Waals surface area contributed by atoms with Crippen molar-refractivity contribution in [1.29, 1.82) is 0 Å². The van der Waals surface area contributed by atoms with Crippen LogP contribution in [0.25, 0.3) is 16.9 Å². The summed E-state index contributed by atoms with van der Waals surface area (Å²) in [6.07, 6.45) is 5.09. The summed E-state index contributed by atoms with van der Waals surface area (Å²) in [6, 6.07) is 7.49. The van der Waals surface area contributed by atoms with E-state index in [0.717, 1.165) is 11.3 Å². The molecule has 0 aliphatic heterocycles. The van der Waals surface area contributed by atoms with Gasteiger partial charge >= 0.3 is 0 Å². The summed E-state index contributed by atoms with van der Waals surface area (Å²) in [5, 5.41) is 16.0. The van der Waals surface area contributed by atoms with E-state index in [-0.39, 0.29) is 11.7 Å². The molecule has 116 valence electrons. The van der Waals surface area contributed by atoms with Crippen LogP contribution in [-0.4, -0.2) is 43.0 Å². The third kappa shape index (κ3) is 3.54. The maximum Gasteiger partial charge on any atom is 0.230 e. The largest absolute Gasteiger partial charge is 0.352 e. The van der Waals surface area contributed by atoms with Crippen molar-refractivity contribution < 1.29 is 4.79 Å². The highest BCUT2D eigenvalue weighted by Gasteiger charge is 2.11. The quantitative estimate of drug-likeness (QED) is 0.547. The van der Waals surface area contributed by atoms with Crippen molar-refractivity contribution in [2.24, 2.45) is 0 Å². The molecule has 0 saturated heterocycles. The summed E-state index contributed by atoms with van der Waals surface area (Å²) >= 11 is 1.28. The summed E-state index contributed by atoms with van der Waals surface area (Å²) in [4.78, 5) is 15.7. The Labute approximate surface area is 136 Å². The minimum atomic E-state index is -0.0879. The van der Waals surface area contributed by atoms with Crippen molar-refractivity contribution in [3.05, 3.63) is 49.3 Å². The standard InChI is InChI=1S/C15H14N6OS/c1-2-7-17-14(22)10-23-15-19-18-13-6-5-12(20-21(13)15)11-4-3-8-16-9-11/h2-6,8-9H,1,7,10H2,(H,17,22). The van der Waals surface area contributed by atoms with Gasteiger partial charge in [-0.3, -0.25) is 9.78 Å². The summed E-state index contributed by atoms with van der Waals surface area (Å²) in [5.41, 5.74) is 2.30. The highest BCUT2D eigenvalue weighted by atomic mass is 32.2. The average molecular weight is 326 g/mol. The molecule has 3 rings (SSSR count). The third-order valence-corrected chi connectivity index (χ3v) is 3.89. The molecule has 23 heavy (non-hydrogen) atoms. The number of hydrogen-bond donors (Lipinski definition) is 1. The van der Waals surface area contributed by atoms with Crippen LogP contribution in [0.5, 0.6) is 0 Å². The number of carbonyl (C=O) groups is 1. The van der Waals surface area contributed by atoms with Gasteiger partial charge in [0.2, 0.25) is 11.1 Å². The number of thioether (sulfide) groups is 1. The molecule has 0 radical (unpaired) electrons. The maximum atomic E-state index is 11.7. The zero-order valence-electron chi connectivity index (χ0n) is 12.2. The lowest BCUT2D eigenvalue weighted by Crippen LogP contribution is -2.25. The average Bonchev–Trinajstić information content (AvgIpc) is 3.01. The van der Waals surface area contributed by atoms with E-state index in [9.17, 15) is 4.79 Å². The van der Waals surface area contributed by atoms with Crippen LogP contribution in [0.3, 0.4) is 0 Å².